The number of ether oxygens (including phenoxy) is 1. The molecule has 4 nitrogen and oxygen atoms in total. The lowest BCUT2D eigenvalue weighted by Crippen LogP contribution is -2.08. The highest BCUT2D eigenvalue weighted by Gasteiger charge is 2.20. The molecule has 0 saturated carbocycles. The van der Waals surface area contributed by atoms with Crippen LogP contribution in [0.2, 0.25) is 0 Å². The second-order valence-corrected chi connectivity index (χ2v) is 5.07. The minimum absolute atomic E-state index is 0.284. The standard InChI is InChI=1S/C14H15FN2O2S/c1-4-19-14(18)12-9(3)17-20-13(12)16-11-7-8(2)5-6-10(11)15/h5-7,16H,4H2,1-3H3. The Morgan fingerprint density at radius 2 is 2.20 bits per heavy atom. The summed E-state index contributed by atoms with van der Waals surface area (Å²) in [6, 6.07) is 4.75. The van der Waals surface area contributed by atoms with Crippen molar-refractivity contribution >= 4 is 28.2 Å². The molecule has 0 unspecified atom stereocenters. The number of aromatic nitrogens is 1. The third kappa shape index (κ3) is 2.96. The van der Waals surface area contributed by atoms with Crippen LogP contribution in [0.15, 0.2) is 18.2 Å². The normalized spacial score (nSPS) is 10.4. The molecule has 0 fully saturated rings. The fourth-order valence-corrected chi connectivity index (χ4v) is 2.55. The lowest BCUT2D eigenvalue weighted by Gasteiger charge is -2.08. The quantitative estimate of drug-likeness (QED) is 0.871. The number of esters is 1. The molecule has 1 aromatic heterocycles. The molecule has 0 saturated heterocycles. The Balaban J connectivity index is 2.34. The largest absolute Gasteiger partial charge is 0.462 e. The summed E-state index contributed by atoms with van der Waals surface area (Å²) < 4.78 is 22.9. The number of benzene rings is 1. The summed E-state index contributed by atoms with van der Waals surface area (Å²) in [5.74, 6) is -0.828. The summed E-state index contributed by atoms with van der Waals surface area (Å²) in [4.78, 5) is 11.9. The van der Waals surface area contributed by atoms with Crippen molar-refractivity contribution < 1.29 is 13.9 Å². The van der Waals surface area contributed by atoms with Gasteiger partial charge < -0.3 is 10.1 Å². The molecule has 1 heterocycles. The van der Waals surface area contributed by atoms with E-state index >= 15 is 0 Å². The highest BCUT2D eigenvalue weighted by atomic mass is 32.1. The van der Waals surface area contributed by atoms with Crippen LogP contribution in [0.1, 0.15) is 28.5 Å². The SMILES string of the molecule is CCOC(=O)c1c(C)nsc1Nc1cc(C)ccc1F. The van der Waals surface area contributed by atoms with Gasteiger partial charge in [0.05, 0.1) is 18.0 Å². The monoisotopic (exact) mass is 294 g/mol. The summed E-state index contributed by atoms with van der Waals surface area (Å²) in [5.41, 5.74) is 2.17. The highest BCUT2D eigenvalue weighted by Crippen LogP contribution is 2.30. The second kappa shape index (κ2) is 6.00. The van der Waals surface area contributed by atoms with Crippen molar-refractivity contribution in [2.75, 3.05) is 11.9 Å². The molecule has 2 rings (SSSR count). The van der Waals surface area contributed by atoms with Gasteiger partial charge in [-0.15, -0.1) is 0 Å². The lowest BCUT2D eigenvalue weighted by atomic mass is 10.2. The molecule has 0 atom stereocenters. The van der Waals surface area contributed by atoms with Crippen LogP contribution in [0.25, 0.3) is 0 Å². The van der Waals surface area contributed by atoms with Gasteiger partial charge in [-0.3, -0.25) is 0 Å². The van der Waals surface area contributed by atoms with Crippen LogP contribution >= 0.6 is 11.5 Å². The Morgan fingerprint density at radius 1 is 1.45 bits per heavy atom. The van der Waals surface area contributed by atoms with Crippen LogP contribution in [0, 0.1) is 19.7 Å². The van der Waals surface area contributed by atoms with Gasteiger partial charge in [-0.1, -0.05) is 6.07 Å². The number of anilines is 2. The van der Waals surface area contributed by atoms with Gasteiger partial charge in [0.25, 0.3) is 0 Å². The van der Waals surface area contributed by atoms with Gasteiger partial charge in [0.1, 0.15) is 16.4 Å². The summed E-state index contributed by atoms with van der Waals surface area (Å²) in [5, 5.41) is 3.41. The Labute approximate surface area is 120 Å². The molecule has 0 bridgehead atoms. The lowest BCUT2D eigenvalue weighted by molar-refractivity contribution is 0.0527. The number of rotatable bonds is 4. The van der Waals surface area contributed by atoms with Crippen molar-refractivity contribution in [3.05, 3.63) is 40.8 Å². The Morgan fingerprint density at radius 3 is 2.90 bits per heavy atom. The van der Waals surface area contributed by atoms with Gasteiger partial charge in [-0.25, -0.2) is 9.18 Å². The molecule has 1 N–H and O–H groups in total. The first-order valence-corrected chi connectivity index (χ1v) is 6.96. The number of hydrogen-bond acceptors (Lipinski definition) is 5. The maximum Gasteiger partial charge on any atom is 0.343 e. The van der Waals surface area contributed by atoms with E-state index in [2.05, 4.69) is 9.69 Å². The van der Waals surface area contributed by atoms with Crippen LogP contribution in [-0.4, -0.2) is 16.9 Å². The van der Waals surface area contributed by atoms with E-state index in [1.54, 1.807) is 26.0 Å². The Kier molecular flexibility index (Phi) is 4.34. The van der Waals surface area contributed by atoms with E-state index in [4.69, 9.17) is 4.74 Å². The molecule has 6 heteroatoms. The van der Waals surface area contributed by atoms with Crippen LogP contribution in [0.3, 0.4) is 0 Å². The van der Waals surface area contributed by atoms with Crippen LogP contribution in [0.4, 0.5) is 15.1 Å². The number of hydrogen-bond donors (Lipinski definition) is 1. The fraction of sp³-hybridized carbons (Fsp3) is 0.286. The number of halogens is 1. The van der Waals surface area contributed by atoms with Gasteiger partial charge in [0.2, 0.25) is 0 Å². The highest BCUT2D eigenvalue weighted by molar-refractivity contribution is 7.10. The molecular weight excluding hydrogens is 279 g/mol. The first-order chi connectivity index (χ1) is 9.52. The third-order valence-electron chi connectivity index (χ3n) is 2.71. The number of carbonyl (C=O) groups excluding carboxylic acids is 1. The summed E-state index contributed by atoms with van der Waals surface area (Å²) in [6.07, 6.45) is 0. The molecule has 0 aliphatic rings. The minimum atomic E-state index is -0.450. The first kappa shape index (κ1) is 14.5. The number of nitrogens with one attached hydrogen (secondary N) is 1. The average molecular weight is 294 g/mol. The average Bonchev–Trinajstić information content (AvgIpc) is 2.75. The summed E-state index contributed by atoms with van der Waals surface area (Å²) in [6.45, 7) is 5.61. The van der Waals surface area contributed by atoms with Crippen molar-refractivity contribution in [1.82, 2.24) is 4.37 Å². The zero-order valence-electron chi connectivity index (χ0n) is 11.5. The molecule has 0 spiro atoms. The van der Waals surface area contributed by atoms with Gasteiger partial charge in [-0.05, 0) is 50.0 Å². The molecule has 0 amide bonds. The number of carbonyl (C=O) groups is 1. The van der Waals surface area contributed by atoms with E-state index in [0.29, 0.717) is 21.9 Å². The first-order valence-electron chi connectivity index (χ1n) is 6.19. The molecule has 0 aliphatic carbocycles. The Bertz CT molecular complexity index is 640. The smallest absolute Gasteiger partial charge is 0.343 e. The predicted molar refractivity (Wildman–Crippen MR) is 77.2 cm³/mol. The number of nitrogens with zero attached hydrogens (tertiary/aromatic N) is 1. The van der Waals surface area contributed by atoms with E-state index in [1.807, 2.05) is 6.92 Å². The molecular formula is C14H15FN2O2S. The molecule has 1 aromatic carbocycles. The maximum atomic E-state index is 13.7. The molecule has 20 heavy (non-hydrogen) atoms. The van der Waals surface area contributed by atoms with Gasteiger partial charge in [-0.2, -0.15) is 4.37 Å². The second-order valence-electron chi connectivity index (χ2n) is 4.30. The molecule has 2 aromatic rings. The van der Waals surface area contributed by atoms with Crippen LogP contribution in [-0.2, 0) is 4.74 Å². The van der Waals surface area contributed by atoms with Gasteiger partial charge in [0, 0.05) is 0 Å². The summed E-state index contributed by atoms with van der Waals surface area (Å²) in [7, 11) is 0. The van der Waals surface area contributed by atoms with Crippen molar-refractivity contribution in [2.45, 2.75) is 20.8 Å². The van der Waals surface area contributed by atoms with Crippen molar-refractivity contribution in [1.29, 1.82) is 0 Å². The van der Waals surface area contributed by atoms with Crippen molar-refractivity contribution in [3.8, 4) is 0 Å². The van der Waals surface area contributed by atoms with Crippen molar-refractivity contribution in [2.24, 2.45) is 0 Å². The molecule has 106 valence electrons. The van der Waals surface area contributed by atoms with Gasteiger partial charge in [0.15, 0.2) is 0 Å². The summed E-state index contributed by atoms with van der Waals surface area (Å²) >= 11 is 1.11. The zero-order valence-corrected chi connectivity index (χ0v) is 12.3. The predicted octanol–water partition coefficient (Wildman–Crippen LogP) is 3.82. The number of aryl methyl sites for hydroxylation is 2. The Hall–Kier alpha value is -1.95. The third-order valence-corrected chi connectivity index (χ3v) is 3.57. The van der Waals surface area contributed by atoms with E-state index in [-0.39, 0.29) is 12.4 Å². The maximum absolute atomic E-state index is 13.7. The minimum Gasteiger partial charge on any atom is -0.462 e. The topological polar surface area (TPSA) is 51.2 Å². The zero-order chi connectivity index (χ0) is 14.7. The van der Waals surface area contributed by atoms with Gasteiger partial charge >= 0.3 is 5.97 Å². The fourth-order valence-electron chi connectivity index (χ4n) is 1.76. The van der Waals surface area contributed by atoms with Crippen LogP contribution < -0.4 is 5.32 Å². The van der Waals surface area contributed by atoms with Crippen LogP contribution in [0.5, 0.6) is 0 Å². The van der Waals surface area contributed by atoms with E-state index in [0.717, 1.165) is 17.1 Å². The van der Waals surface area contributed by atoms with Crippen molar-refractivity contribution in [3.63, 3.8) is 0 Å². The molecule has 0 radical (unpaired) electrons. The van der Waals surface area contributed by atoms with E-state index < -0.39 is 5.97 Å². The van der Waals surface area contributed by atoms with E-state index in [9.17, 15) is 9.18 Å². The molecule has 0 aliphatic heterocycles. The van der Waals surface area contributed by atoms with E-state index in [1.165, 1.54) is 6.07 Å².